The first-order chi connectivity index (χ1) is 11.3. The van der Waals surface area contributed by atoms with Gasteiger partial charge in [-0.3, -0.25) is 0 Å². The average molecular weight is 369 g/mol. The highest BCUT2D eigenvalue weighted by molar-refractivity contribution is 7.89. The third kappa shape index (κ3) is 5.31. The molecule has 0 aliphatic rings. The lowest BCUT2D eigenvalue weighted by Gasteiger charge is -2.12. The van der Waals surface area contributed by atoms with E-state index in [1.54, 1.807) is 6.07 Å². The molecule has 1 aromatic heterocycles. The summed E-state index contributed by atoms with van der Waals surface area (Å²) in [4.78, 5) is 4.21. The van der Waals surface area contributed by atoms with Crippen LogP contribution in [0.2, 0.25) is 0 Å². The number of hydrogen-bond donors (Lipinski definition) is 1. The number of rotatable bonds is 8. The smallest absolute Gasteiger partial charge is 0.241 e. The fourth-order valence-corrected chi connectivity index (χ4v) is 4.79. The van der Waals surface area contributed by atoms with Crippen molar-refractivity contribution < 1.29 is 13.2 Å². The molecule has 0 radical (unpaired) electrons. The predicted molar refractivity (Wildman–Crippen MR) is 98.3 cm³/mol. The van der Waals surface area contributed by atoms with Gasteiger partial charge in [0.2, 0.25) is 10.0 Å². The summed E-state index contributed by atoms with van der Waals surface area (Å²) < 4.78 is 33.2. The minimum atomic E-state index is -3.50. The lowest BCUT2D eigenvalue weighted by Crippen LogP contribution is -2.23. The Balaban J connectivity index is 2.00. The molecule has 132 valence electrons. The van der Waals surface area contributed by atoms with Crippen LogP contribution < -0.4 is 9.46 Å². The van der Waals surface area contributed by atoms with Crippen LogP contribution in [0.4, 0.5) is 0 Å². The number of nitrogens with one attached hydrogen (secondary N) is 1. The summed E-state index contributed by atoms with van der Waals surface area (Å²) >= 11 is 1.49. The Morgan fingerprint density at radius 2 is 1.96 bits per heavy atom. The number of likely N-dealkylation sites (N-methyl/N-ethyl adjacent to an activating group) is 1. The van der Waals surface area contributed by atoms with Crippen molar-refractivity contribution in [1.29, 1.82) is 0 Å². The molecule has 2 aromatic rings. The van der Waals surface area contributed by atoms with E-state index in [-0.39, 0.29) is 6.54 Å². The van der Waals surface area contributed by atoms with Gasteiger partial charge in [-0.15, -0.1) is 11.3 Å². The zero-order valence-electron chi connectivity index (χ0n) is 14.5. The highest BCUT2D eigenvalue weighted by atomic mass is 32.2. The number of nitrogens with zero attached hydrogens (tertiary/aromatic N) is 1. The minimum Gasteiger partial charge on any atom is -0.492 e. The van der Waals surface area contributed by atoms with Crippen molar-refractivity contribution in [2.75, 3.05) is 27.2 Å². The highest BCUT2D eigenvalue weighted by Crippen LogP contribution is 2.25. The Kier molecular flexibility index (Phi) is 6.40. The van der Waals surface area contributed by atoms with Crippen LogP contribution in [0, 0.1) is 13.8 Å². The predicted octanol–water partition coefficient (Wildman–Crippen LogP) is 2.78. The summed E-state index contributed by atoms with van der Waals surface area (Å²) in [7, 11) is 0.481. The molecule has 0 unspecified atom stereocenters. The molecule has 0 aliphatic carbocycles. The van der Waals surface area contributed by atoms with Gasteiger partial charge in [0, 0.05) is 22.8 Å². The van der Waals surface area contributed by atoms with Crippen LogP contribution in [0.5, 0.6) is 5.75 Å². The van der Waals surface area contributed by atoms with Gasteiger partial charge in [0.25, 0.3) is 0 Å². The normalized spacial score (nSPS) is 11.9. The molecule has 5 nitrogen and oxygen atoms in total. The number of hydrogen-bond acceptors (Lipinski definition) is 5. The lowest BCUT2D eigenvalue weighted by molar-refractivity contribution is 0.261. The van der Waals surface area contributed by atoms with E-state index in [4.69, 9.17) is 4.74 Å². The van der Waals surface area contributed by atoms with Crippen LogP contribution in [0.3, 0.4) is 0 Å². The Labute approximate surface area is 148 Å². The molecular weight excluding hydrogens is 344 g/mol. The van der Waals surface area contributed by atoms with E-state index < -0.39 is 10.0 Å². The second-order valence-electron chi connectivity index (χ2n) is 5.90. The van der Waals surface area contributed by atoms with Crippen LogP contribution in [0.1, 0.15) is 15.3 Å². The van der Waals surface area contributed by atoms with E-state index in [9.17, 15) is 8.42 Å². The Morgan fingerprint density at radius 1 is 1.21 bits per heavy atom. The Bertz CT molecular complexity index is 783. The van der Waals surface area contributed by atoms with Gasteiger partial charge in [0.15, 0.2) is 0 Å². The second kappa shape index (κ2) is 8.11. The molecular formula is C17H24N2O3S2. The lowest BCUT2D eigenvalue weighted by atomic mass is 10.2. The van der Waals surface area contributed by atoms with Crippen molar-refractivity contribution in [2.24, 2.45) is 0 Å². The van der Waals surface area contributed by atoms with Gasteiger partial charge in [-0.05, 0) is 51.7 Å². The van der Waals surface area contributed by atoms with Gasteiger partial charge in [-0.2, -0.15) is 0 Å². The van der Waals surface area contributed by atoms with Gasteiger partial charge < -0.3 is 9.64 Å². The zero-order chi connectivity index (χ0) is 17.7. The monoisotopic (exact) mass is 368 g/mol. The zero-order valence-corrected chi connectivity index (χ0v) is 16.1. The molecule has 2 rings (SSSR count). The fourth-order valence-electron chi connectivity index (χ4n) is 2.22. The second-order valence-corrected chi connectivity index (χ2v) is 9.10. The van der Waals surface area contributed by atoms with E-state index in [0.29, 0.717) is 11.5 Å². The number of thiophene rings is 1. The van der Waals surface area contributed by atoms with Gasteiger partial charge in [-0.1, -0.05) is 12.1 Å². The Hall–Kier alpha value is -1.41. The molecule has 24 heavy (non-hydrogen) atoms. The summed E-state index contributed by atoms with van der Waals surface area (Å²) in [5.41, 5.74) is 0.866. The molecule has 1 N–H and O–H groups in total. The highest BCUT2D eigenvalue weighted by Gasteiger charge is 2.18. The van der Waals surface area contributed by atoms with E-state index in [0.717, 1.165) is 27.6 Å². The third-order valence-electron chi connectivity index (χ3n) is 3.46. The van der Waals surface area contributed by atoms with Gasteiger partial charge in [-0.25, -0.2) is 13.1 Å². The number of sulfonamides is 1. The van der Waals surface area contributed by atoms with E-state index in [1.807, 2.05) is 57.1 Å². The Morgan fingerprint density at radius 3 is 2.58 bits per heavy atom. The van der Waals surface area contributed by atoms with Gasteiger partial charge in [0.1, 0.15) is 12.4 Å². The molecule has 0 fully saturated rings. The molecule has 0 spiro atoms. The molecule has 0 amide bonds. The van der Waals surface area contributed by atoms with Crippen LogP contribution >= 0.6 is 11.3 Å². The molecule has 0 aliphatic heterocycles. The summed E-state index contributed by atoms with van der Waals surface area (Å²) in [6.45, 7) is 5.39. The van der Waals surface area contributed by atoms with Crippen molar-refractivity contribution in [3.63, 3.8) is 0 Å². The summed E-state index contributed by atoms with van der Waals surface area (Å²) in [6, 6.07) is 9.20. The largest absolute Gasteiger partial charge is 0.492 e. The maximum absolute atomic E-state index is 12.4. The summed E-state index contributed by atoms with van der Waals surface area (Å²) in [6.07, 6.45) is 0. The van der Waals surface area contributed by atoms with Crippen LogP contribution in [0.15, 0.2) is 35.2 Å². The maximum Gasteiger partial charge on any atom is 0.241 e. The standard InChI is InChI=1S/C17H24N2O3S2/c1-13-10-17(14(2)23-13)24(20,21)18-12-15-6-5-7-16(11-15)22-9-8-19(3)4/h5-7,10-11,18H,8-9,12H2,1-4H3. The van der Waals surface area contributed by atoms with Crippen molar-refractivity contribution in [3.05, 3.63) is 45.6 Å². The first-order valence-electron chi connectivity index (χ1n) is 7.71. The van der Waals surface area contributed by atoms with Crippen molar-refractivity contribution in [2.45, 2.75) is 25.3 Å². The third-order valence-corrected chi connectivity index (χ3v) is 6.08. The summed E-state index contributed by atoms with van der Waals surface area (Å²) in [5, 5.41) is 0. The molecule has 0 saturated heterocycles. The molecule has 0 atom stereocenters. The van der Waals surface area contributed by atoms with Crippen molar-refractivity contribution in [3.8, 4) is 5.75 Å². The summed E-state index contributed by atoms with van der Waals surface area (Å²) in [5.74, 6) is 0.746. The van der Waals surface area contributed by atoms with Gasteiger partial charge >= 0.3 is 0 Å². The van der Waals surface area contributed by atoms with Crippen LogP contribution in [0.25, 0.3) is 0 Å². The number of aryl methyl sites for hydroxylation is 2. The maximum atomic E-state index is 12.4. The first kappa shape index (κ1) is 18.9. The molecule has 1 heterocycles. The molecule has 0 bridgehead atoms. The average Bonchev–Trinajstić information content (AvgIpc) is 2.85. The van der Waals surface area contributed by atoms with Gasteiger partial charge in [0.05, 0.1) is 4.90 Å². The minimum absolute atomic E-state index is 0.238. The SMILES string of the molecule is Cc1cc(S(=O)(=O)NCc2cccc(OCCN(C)C)c2)c(C)s1. The first-order valence-corrected chi connectivity index (χ1v) is 10.0. The van der Waals surface area contributed by atoms with E-state index >= 15 is 0 Å². The van der Waals surface area contributed by atoms with Crippen LogP contribution in [-0.4, -0.2) is 40.6 Å². The topological polar surface area (TPSA) is 58.6 Å². The number of benzene rings is 1. The molecule has 1 aromatic carbocycles. The van der Waals surface area contributed by atoms with Crippen molar-refractivity contribution in [1.82, 2.24) is 9.62 Å². The van der Waals surface area contributed by atoms with Crippen molar-refractivity contribution >= 4 is 21.4 Å². The quantitative estimate of drug-likeness (QED) is 0.778. The van der Waals surface area contributed by atoms with Crippen LogP contribution in [-0.2, 0) is 16.6 Å². The molecule has 7 heteroatoms. The molecule has 0 saturated carbocycles. The van der Waals surface area contributed by atoms with E-state index in [1.165, 1.54) is 11.3 Å². The van der Waals surface area contributed by atoms with E-state index in [2.05, 4.69) is 4.72 Å². The number of ether oxygens (including phenoxy) is 1. The fraction of sp³-hybridized carbons (Fsp3) is 0.412.